The molecule has 1 saturated heterocycles. The number of quaternary nitrogens is 1. The van der Waals surface area contributed by atoms with Gasteiger partial charge in [-0.3, -0.25) is 0 Å². The highest BCUT2D eigenvalue weighted by molar-refractivity contribution is 4.62. The Labute approximate surface area is 95.7 Å². The number of hydrogen-bond donors (Lipinski definition) is 1. The average Bonchev–Trinajstić information content (AvgIpc) is 2.59. The molecule has 1 aliphatic rings. The summed E-state index contributed by atoms with van der Waals surface area (Å²) in [7, 11) is 0. The van der Waals surface area contributed by atoms with Crippen molar-refractivity contribution in [2.75, 3.05) is 13.1 Å². The smallest absolute Gasteiger partial charge is 0.0876 e. The lowest BCUT2D eigenvalue weighted by Gasteiger charge is -2.21. The lowest BCUT2D eigenvalue weighted by atomic mass is 10.1. The van der Waals surface area contributed by atoms with Gasteiger partial charge in [0.15, 0.2) is 0 Å². The summed E-state index contributed by atoms with van der Waals surface area (Å²) in [5, 5.41) is 0. The summed E-state index contributed by atoms with van der Waals surface area (Å²) in [5.74, 6) is 0. The van der Waals surface area contributed by atoms with Crippen LogP contribution < -0.4 is 17.3 Å². The number of unbranched alkanes of at least 4 members (excludes halogenated alkanes) is 2. The van der Waals surface area contributed by atoms with E-state index in [1.165, 1.54) is 58.0 Å². The highest BCUT2D eigenvalue weighted by atomic mass is 35.5. The van der Waals surface area contributed by atoms with Gasteiger partial charge in [-0.05, 0) is 19.3 Å². The van der Waals surface area contributed by atoms with Crippen LogP contribution in [0.1, 0.15) is 58.8 Å². The second-order valence-electron chi connectivity index (χ2n) is 4.49. The van der Waals surface area contributed by atoms with Crippen molar-refractivity contribution in [3.05, 3.63) is 0 Å². The van der Waals surface area contributed by atoms with Crippen molar-refractivity contribution < 1.29 is 17.3 Å². The third kappa shape index (κ3) is 4.65. The fraction of sp³-hybridized carbons (Fsp3) is 1.00. The fourth-order valence-electron chi connectivity index (χ4n) is 2.52. The molecule has 1 N–H and O–H groups in total. The normalized spacial score (nSPS) is 26.1. The van der Waals surface area contributed by atoms with Crippen molar-refractivity contribution in [2.45, 2.75) is 64.8 Å². The van der Waals surface area contributed by atoms with E-state index in [9.17, 15) is 0 Å². The van der Waals surface area contributed by atoms with Crippen LogP contribution in [0.15, 0.2) is 0 Å². The highest BCUT2D eigenvalue weighted by Gasteiger charge is 2.26. The summed E-state index contributed by atoms with van der Waals surface area (Å²) in [6.45, 7) is 7.50. The molecule has 2 atom stereocenters. The van der Waals surface area contributed by atoms with Crippen LogP contribution >= 0.6 is 0 Å². The van der Waals surface area contributed by atoms with Crippen molar-refractivity contribution in [3.8, 4) is 0 Å². The molecule has 0 aromatic carbocycles. The molecule has 86 valence electrons. The van der Waals surface area contributed by atoms with Gasteiger partial charge in [-0.1, -0.05) is 26.7 Å². The SMILES string of the molecule is CCCCC1CCC[NH+]1CCCC.[Cl-]. The van der Waals surface area contributed by atoms with Crippen LogP contribution in [0, 0.1) is 0 Å². The van der Waals surface area contributed by atoms with Gasteiger partial charge in [-0.25, -0.2) is 0 Å². The molecule has 1 fully saturated rings. The quantitative estimate of drug-likeness (QED) is 0.587. The molecule has 1 aliphatic heterocycles. The largest absolute Gasteiger partial charge is 1.00 e. The first-order valence-electron chi connectivity index (χ1n) is 6.23. The first kappa shape index (κ1) is 14.2. The summed E-state index contributed by atoms with van der Waals surface area (Å²) in [6.07, 6.45) is 10.1. The van der Waals surface area contributed by atoms with E-state index in [0.717, 1.165) is 6.04 Å². The second kappa shape index (κ2) is 8.55. The first-order valence-corrected chi connectivity index (χ1v) is 6.23. The molecule has 1 nitrogen and oxygen atoms in total. The van der Waals surface area contributed by atoms with Gasteiger partial charge >= 0.3 is 0 Å². The maximum atomic E-state index is 2.31. The van der Waals surface area contributed by atoms with Gasteiger partial charge in [-0.15, -0.1) is 0 Å². The molecule has 1 heterocycles. The van der Waals surface area contributed by atoms with Crippen LogP contribution in [0.4, 0.5) is 0 Å². The Morgan fingerprint density at radius 1 is 1.14 bits per heavy atom. The van der Waals surface area contributed by atoms with Crippen molar-refractivity contribution in [2.24, 2.45) is 0 Å². The minimum absolute atomic E-state index is 0. The number of rotatable bonds is 6. The van der Waals surface area contributed by atoms with E-state index >= 15 is 0 Å². The van der Waals surface area contributed by atoms with Gasteiger partial charge in [0, 0.05) is 12.8 Å². The molecule has 14 heavy (non-hydrogen) atoms. The maximum absolute atomic E-state index is 2.31. The van der Waals surface area contributed by atoms with Gasteiger partial charge < -0.3 is 17.3 Å². The topological polar surface area (TPSA) is 4.44 Å². The molecule has 0 aromatic rings. The van der Waals surface area contributed by atoms with Crippen molar-refractivity contribution in [3.63, 3.8) is 0 Å². The van der Waals surface area contributed by atoms with Crippen LogP contribution in [0.2, 0.25) is 0 Å². The lowest BCUT2D eigenvalue weighted by molar-refractivity contribution is -0.912. The standard InChI is InChI=1S/C12H25N.ClH/c1-3-5-8-12-9-7-11-13(12)10-6-4-2;/h12H,3-11H2,1-2H3;1H. The fourth-order valence-corrected chi connectivity index (χ4v) is 2.52. The third-order valence-corrected chi connectivity index (χ3v) is 3.39. The van der Waals surface area contributed by atoms with Gasteiger partial charge in [0.1, 0.15) is 0 Å². The predicted molar refractivity (Wildman–Crippen MR) is 58.2 cm³/mol. The van der Waals surface area contributed by atoms with E-state index in [4.69, 9.17) is 0 Å². The highest BCUT2D eigenvalue weighted by Crippen LogP contribution is 2.08. The molecule has 1 rings (SSSR count). The Kier molecular flexibility index (Phi) is 8.70. The van der Waals surface area contributed by atoms with Gasteiger partial charge in [0.2, 0.25) is 0 Å². The molecule has 0 spiro atoms. The summed E-state index contributed by atoms with van der Waals surface area (Å²) in [5.41, 5.74) is 0. The summed E-state index contributed by atoms with van der Waals surface area (Å²) >= 11 is 0. The molecule has 0 bridgehead atoms. The minimum atomic E-state index is 0. The predicted octanol–water partition coefficient (Wildman–Crippen LogP) is -0.972. The number of hydrogen-bond acceptors (Lipinski definition) is 0. The molecule has 0 saturated carbocycles. The Balaban J connectivity index is 0.00000169. The van der Waals surface area contributed by atoms with Crippen LogP contribution in [-0.4, -0.2) is 19.1 Å². The monoisotopic (exact) mass is 219 g/mol. The molecule has 0 amide bonds. The van der Waals surface area contributed by atoms with Gasteiger partial charge in [0.25, 0.3) is 0 Å². The van der Waals surface area contributed by atoms with E-state index in [0.29, 0.717) is 0 Å². The molecule has 0 aliphatic carbocycles. The molecular formula is C12H26ClN. The maximum Gasteiger partial charge on any atom is 0.0876 e. The molecule has 2 unspecified atom stereocenters. The van der Waals surface area contributed by atoms with Gasteiger partial charge in [0.05, 0.1) is 19.1 Å². The molecule has 0 aromatic heterocycles. The summed E-state index contributed by atoms with van der Waals surface area (Å²) < 4.78 is 0. The zero-order chi connectivity index (χ0) is 9.52. The average molecular weight is 220 g/mol. The van der Waals surface area contributed by atoms with Crippen molar-refractivity contribution in [1.82, 2.24) is 0 Å². The minimum Gasteiger partial charge on any atom is -1.00 e. The number of nitrogens with one attached hydrogen (secondary N) is 1. The van der Waals surface area contributed by atoms with Crippen LogP contribution in [-0.2, 0) is 0 Å². The van der Waals surface area contributed by atoms with E-state index in [2.05, 4.69) is 13.8 Å². The zero-order valence-corrected chi connectivity index (χ0v) is 10.6. The van der Waals surface area contributed by atoms with E-state index in [1.807, 2.05) is 4.90 Å². The Morgan fingerprint density at radius 2 is 1.86 bits per heavy atom. The Hall–Kier alpha value is 0.250. The Morgan fingerprint density at radius 3 is 2.50 bits per heavy atom. The molecule has 2 heteroatoms. The van der Waals surface area contributed by atoms with Crippen LogP contribution in [0.25, 0.3) is 0 Å². The van der Waals surface area contributed by atoms with Crippen LogP contribution in [0.5, 0.6) is 0 Å². The van der Waals surface area contributed by atoms with Crippen molar-refractivity contribution >= 4 is 0 Å². The van der Waals surface area contributed by atoms with E-state index in [1.54, 1.807) is 0 Å². The third-order valence-electron chi connectivity index (χ3n) is 3.39. The van der Waals surface area contributed by atoms with Crippen molar-refractivity contribution in [1.29, 1.82) is 0 Å². The van der Waals surface area contributed by atoms with Crippen LogP contribution in [0.3, 0.4) is 0 Å². The number of likely N-dealkylation sites (tertiary alicyclic amines) is 1. The number of halogens is 1. The summed E-state index contributed by atoms with van der Waals surface area (Å²) in [6, 6.07) is 1.02. The second-order valence-corrected chi connectivity index (χ2v) is 4.49. The summed E-state index contributed by atoms with van der Waals surface area (Å²) in [4.78, 5) is 1.91. The first-order chi connectivity index (χ1) is 6.38. The van der Waals surface area contributed by atoms with Gasteiger partial charge in [-0.2, -0.15) is 0 Å². The lowest BCUT2D eigenvalue weighted by Crippen LogP contribution is -3.13. The van der Waals surface area contributed by atoms with E-state index < -0.39 is 0 Å². The molecule has 0 radical (unpaired) electrons. The Bertz CT molecular complexity index is 113. The molecular weight excluding hydrogens is 194 g/mol. The van der Waals surface area contributed by atoms with E-state index in [-0.39, 0.29) is 12.4 Å². The zero-order valence-electron chi connectivity index (χ0n) is 9.82.